The Hall–Kier alpha value is -1.74. The number of aryl methyl sites for hydroxylation is 1. The van der Waals surface area contributed by atoms with Crippen LogP contribution in [0.2, 0.25) is 0 Å². The number of likely N-dealkylation sites (N-methyl/N-ethyl adjacent to an activating group) is 1. The summed E-state index contributed by atoms with van der Waals surface area (Å²) in [5, 5.41) is 3.57. The second-order valence-electron chi connectivity index (χ2n) is 4.60. The average molecular weight is 255 g/mol. The van der Waals surface area contributed by atoms with Crippen LogP contribution in [-0.2, 0) is 12.8 Å². The quantitative estimate of drug-likeness (QED) is 0.862. The molecule has 0 radical (unpaired) electrons. The predicted octanol–water partition coefficient (Wildman–Crippen LogP) is 2.93. The lowest BCUT2D eigenvalue weighted by molar-refractivity contribution is 0.544. The molecule has 3 heteroatoms. The Kier molecular flexibility index (Phi) is 5.04. The Morgan fingerprint density at radius 3 is 2.63 bits per heavy atom. The lowest BCUT2D eigenvalue weighted by Gasteiger charge is -2.20. The summed E-state index contributed by atoms with van der Waals surface area (Å²) >= 11 is 0. The first kappa shape index (κ1) is 13.7. The van der Waals surface area contributed by atoms with Crippen molar-refractivity contribution in [2.45, 2.75) is 32.7 Å². The predicted molar refractivity (Wildman–Crippen MR) is 78.0 cm³/mol. The monoisotopic (exact) mass is 255 g/mol. The van der Waals surface area contributed by atoms with Crippen molar-refractivity contribution in [3.8, 4) is 0 Å². The Labute approximate surface area is 115 Å². The van der Waals surface area contributed by atoms with Crippen molar-refractivity contribution in [3.63, 3.8) is 0 Å². The molecular weight excluding hydrogens is 234 g/mol. The number of rotatable bonds is 6. The molecule has 0 aliphatic carbocycles. The molecule has 0 amide bonds. The highest BCUT2D eigenvalue weighted by molar-refractivity contribution is 5.28. The summed E-state index contributed by atoms with van der Waals surface area (Å²) in [5.41, 5.74) is 3.92. The van der Waals surface area contributed by atoms with Crippen LogP contribution >= 0.6 is 0 Å². The highest BCUT2D eigenvalue weighted by Crippen LogP contribution is 2.21. The number of nitrogens with zero attached hydrogens (tertiary/aromatic N) is 2. The first-order valence-electron chi connectivity index (χ1n) is 6.90. The van der Waals surface area contributed by atoms with Gasteiger partial charge in [-0.1, -0.05) is 19.9 Å². The van der Waals surface area contributed by atoms with E-state index in [2.05, 4.69) is 41.3 Å². The molecule has 1 unspecified atom stereocenters. The van der Waals surface area contributed by atoms with E-state index in [0.29, 0.717) is 6.04 Å². The minimum absolute atomic E-state index is 0.326. The molecule has 0 aliphatic heterocycles. The smallest absolute Gasteiger partial charge is 0.0365 e. The summed E-state index contributed by atoms with van der Waals surface area (Å²) < 4.78 is 0. The molecule has 2 aromatic heterocycles. The van der Waals surface area contributed by atoms with Crippen molar-refractivity contribution in [3.05, 3.63) is 59.7 Å². The standard InChI is InChI=1S/C16H21N3/c1-3-14-12-18-9-7-15(14)16(19-4-2)10-13-6-5-8-17-11-13/h5-9,11-12,16,19H,3-4,10H2,1-2H3. The molecule has 0 aromatic carbocycles. The molecule has 2 aromatic rings. The molecule has 1 atom stereocenters. The van der Waals surface area contributed by atoms with Crippen LogP contribution in [0.3, 0.4) is 0 Å². The van der Waals surface area contributed by atoms with Gasteiger partial charge in [0.2, 0.25) is 0 Å². The molecule has 0 saturated carbocycles. The van der Waals surface area contributed by atoms with Crippen molar-refractivity contribution in [1.82, 2.24) is 15.3 Å². The number of hydrogen-bond donors (Lipinski definition) is 1. The van der Waals surface area contributed by atoms with Gasteiger partial charge in [0.15, 0.2) is 0 Å². The van der Waals surface area contributed by atoms with Gasteiger partial charge in [-0.15, -0.1) is 0 Å². The van der Waals surface area contributed by atoms with Crippen LogP contribution in [0.25, 0.3) is 0 Å². The van der Waals surface area contributed by atoms with Crippen molar-refractivity contribution in [2.24, 2.45) is 0 Å². The van der Waals surface area contributed by atoms with E-state index >= 15 is 0 Å². The van der Waals surface area contributed by atoms with Gasteiger partial charge in [0.25, 0.3) is 0 Å². The van der Waals surface area contributed by atoms with Crippen molar-refractivity contribution in [2.75, 3.05) is 6.54 Å². The Bertz CT molecular complexity index is 496. The van der Waals surface area contributed by atoms with Crippen LogP contribution in [0, 0.1) is 0 Å². The topological polar surface area (TPSA) is 37.8 Å². The number of aromatic nitrogens is 2. The molecule has 19 heavy (non-hydrogen) atoms. The highest BCUT2D eigenvalue weighted by Gasteiger charge is 2.14. The fourth-order valence-electron chi connectivity index (χ4n) is 2.37. The molecule has 1 N–H and O–H groups in total. The lowest BCUT2D eigenvalue weighted by atomic mass is 9.96. The molecular formula is C16H21N3. The van der Waals surface area contributed by atoms with Gasteiger partial charge >= 0.3 is 0 Å². The highest BCUT2D eigenvalue weighted by atomic mass is 14.9. The van der Waals surface area contributed by atoms with Crippen molar-refractivity contribution >= 4 is 0 Å². The van der Waals surface area contributed by atoms with Crippen LogP contribution < -0.4 is 5.32 Å². The van der Waals surface area contributed by atoms with E-state index in [0.717, 1.165) is 19.4 Å². The molecule has 3 nitrogen and oxygen atoms in total. The number of nitrogens with one attached hydrogen (secondary N) is 1. The zero-order valence-corrected chi connectivity index (χ0v) is 11.6. The van der Waals surface area contributed by atoms with Crippen molar-refractivity contribution < 1.29 is 0 Å². The Morgan fingerprint density at radius 2 is 1.95 bits per heavy atom. The normalized spacial score (nSPS) is 12.3. The SMILES string of the molecule is CCNC(Cc1cccnc1)c1ccncc1CC. The summed E-state index contributed by atoms with van der Waals surface area (Å²) in [6.45, 7) is 5.27. The average Bonchev–Trinajstić information content (AvgIpc) is 2.48. The minimum Gasteiger partial charge on any atom is -0.310 e. The summed E-state index contributed by atoms with van der Waals surface area (Å²) in [4.78, 5) is 8.42. The molecule has 0 bridgehead atoms. The molecule has 0 aliphatic rings. The zero-order chi connectivity index (χ0) is 13.5. The van der Waals surface area contributed by atoms with Gasteiger partial charge in [-0.3, -0.25) is 9.97 Å². The summed E-state index contributed by atoms with van der Waals surface area (Å²) in [6.07, 6.45) is 9.58. The molecule has 100 valence electrons. The van der Waals surface area contributed by atoms with Crippen LogP contribution in [0.4, 0.5) is 0 Å². The third-order valence-corrected chi connectivity index (χ3v) is 3.31. The van der Waals surface area contributed by atoms with E-state index in [1.807, 2.05) is 30.9 Å². The fourth-order valence-corrected chi connectivity index (χ4v) is 2.37. The maximum atomic E-state index is 4.23. The van der Waals surface area contributed by atoms with E-state index < -0.39 is 0 Å². The molecule has 2 heterocycles. The van der Waals surface area contributed by atoms with Crippen molar-refractivity contribution in [1.29, 1.82) is 0 Å². The van der Waals surface area contributed by atoms with Gasteiger partial charge in [0, 0.05) is 30.8 Å². The second kappa shape index (κ2) is 7.00. The van der Waals surface area contributed by atoms with E-state index in [9.17, 15) is 0 Å². The van der Waals surface area contributed by atoms with Gasteiger partial charge < -0.3 is 5.32 Å². The Balaban J connectivity index is 2.24. The molecule has 0 fully saturated rings. The van der Waals surface area contributed by atoms with Gasteiger partial charge in [-0.05, 0) is 48.2 Å². The van der Waals surface area contributed by atoms with E-state index in [1.54, 1.807) is 0 Å². The first-order valence-corrected chi connectivity index (χ1v) is 6.90. The van der Waals surface area contributed by atoms with Gasteiger partial charge in [0.1, 0.15) is 0 Å². The fraction of sp³-hybridized carbons (Fsp3) is 0.375. The van der Waals surface area contributed by atoms with Crippen LogP contribution in [-0.4, -0.2) is 16.5 Å². The molecule has 0 saturated heterocycles. The number of hydrogen-bond acceptors (Lipinski definition) is 3. The summed E-state index contributed by atoms with van der Waals surface area (Å²) in [6, 6.07) is 6.57. The van der Waals surface area contributed by atoms with Crippen LogP contribution in [0.15, 0.2) is 43.0 Å². The van der Waals surface area contributed by atoms with Gasteiger partial charge in [-0.25, -0.2) is 0 Å². The maximum absolute atomic E-state index is 4.23. The van der Waals surface area contributed by atoms with Gasteiger partial charge in [0.05, 0.1) is 0 Å². The largest absolute Gasteiger partial charge is 0.310 e. The minimum atomic E-state index is 0.326. The zero-order valence-electron chi connectivity index (χ0n) is 11.6. The summed E-state index contributed by atoms with van der Waals surface area (Å²) in [7, 11) is 0. The maximum Gasteiger partial charge on any atom is 0.0365 e. The summed E-state index contributed by atoms with van der Waals surface area (Å²) in [5.74, 6) is 0. The molecule has 0 spiro atoms. The van der Waals surface area contributed by atoms with Crippen LogP contribution in [0.5, 0.6) is 0 Å². The van der Waals surface area contributed by atoms with Gasteiger partial charge in [-0.2, -0.15) is 0 Å². The van der Waals surface area contributed by atoms with E-state index in [-0.39, 0.29) is 0 Å². The third kappa shape index (κ3) is 3.61. The van der Waals surface area contributed by atoms with Crippen LogP contribution in [0.1, 0.15) is 36.6 Å². The van der Waals surface area contributed by atoms with E-state index in [1.165, 1.54) is 16.7 Å². The third-order valence-electron chi connectivity index (χ3n) is 3.31. The lowest BCUT2D eigenvalue weighted by Crippen LogP contribution is -2.24. The second-order valence-corrected chi connectivity index (χ2v) is 4.60. The number of pyridine rings is 2. The first-order chi connectivity index (χ1) is 9.35. The Morgan fingerprint density at radius 1 is 1.11 bits per heavy atom. The molecule has 2 rings (SSSR count). The van der Waals surface area contributed by atoms with E-state index in [4.69, 9.17) is 0 Å².